The molecule has 3 N–H and O–H groups in total. The highest BCUT2D eigenvalue weighted by Gasteiger charge is 2.06. The van der Waals surface area contributed by atoms with Gasteiger partial charge in [-0.3, -0.25) is 4.98 Å². The predicted octanol–water partition coefficient (Wildman–Crippen LogP) is 3.19. The molecule has 96 valence electrons. The lowest BCUT2D eigenvalue weighted by atomic mass is 10.1. The van der Waals surface area contributed by atoms with Crippen LogP contribution in [0.1, 0.15) is 10.6 Å². The molecule has 0 aliphatic heterocycles. The zero-order chi connectivity index (χ0) is 13.2. The minimum absolute atomic E-state index is 0.704. The number of anilines is 2. The first kappa shape index (κ1) is 11.9. The molecule has 0 saturated carbocycles. The van der Waals surface area contributed by atoms with Crippen LogP contribution in [0.5, 0.6) is 0 Å². The van der Waals surface area contributed by atoms with Crippen LogP contribution in [0.3, 0.4) is 0 Å². The van der Waals surface area contributed by atoms with Gasteiger partial charge in [0, 0.05) is 22.1 Å². The smallest absolute Gasteiger partial charge is 0.0951 e. The molecule has 0 radical (unpaired) electrons. The fourth-order valence-electron chi connectivity index (χ4n) is 2.02. The highest BCUT2D eigenvalue weighted by molar-refractivity contribution is 7.09. The zero-order valence-corrected chi connectivity index (χ0v) is 11.4. The molecule has 1 aromatic carbocycles. The standard InChI is InChI=1S/C14H14N4S/c1-9-13(19-8-18-9)7-17-12-5-4-11(15)14-10(12)3-2-6-16-14/h2-6,8,17H,7,15H2,1H3. The van der Waals surface area contributed by atoms with Gasteiger partial charge < -0.3 is 11.1 Å². The second-order valence-electron chi connectivity index (χ2n) is 4.32. The molecule has 0 amide bonds. The summed E-state index contributed by atoms with van der Waals surface area (Å²) >= 11 is 1.66. The van der Waals surface area contributed by atoms with Gasteiger partial charge in [-0.15, -0.1) is 11.3 Å². The molecule has 19 heavy (non-hydrogen) atoms. The molecule has 0 saturated heterocycles. The van der Waals surface area contributed by atoms with E-state index < -0.39 is 0 Å². The fourth-order valence-corrected chi connectivity index (χ4v) is 2.74. The van der Waals surface area contributed by atoms with Gasteiger partial charge >= 0.3 is 0 Å². The summed E-state index contributed by atoms with van der Waals surface area (Å²) in [6, 6.07) is 7.83. The zero-order valence-electron chi connectivity index (χ0n) is 10.6. The summed E-state index contributed by atoms with van der Waals surface area (Å²) in [4.78, 5) is 9.83. The first-order valence-electron chi connectivity index (χ1n) is 6.02. The number of aromatic nitrogens is 2. The van der Waals surface area contributed by atoms with Crippen LogP contribution in [-0.2, 0) is 6.54 Å². The van der Waals surface area contributed by atoms with Gasteiger partial charge in [0.2, 0.25) is 0 Å². The van der Waals surface area contributed by atoms with Gasteiger partial charge in [-0.1, -0.05) is 0 Å². The topological polar surface area (TPSA) is 63.8 Å². The minimum Gasteiger partial charge on any atom is -0.397 e. The normalized spacial score (nSPS) is 10.8. The Morgan fingerprint density at radius 3 is 2.95 bits per heavy atom. The molecule has 4 nitrogen and oxygen atoms in total. The molecule has 0 bridgehead atoms. The number of nitrogens with two attached hydrogens (primary N) is 1. The third-order valence-electron chi connectivity index (χ3n) is 3.09. The van der Waals surface area contributed by atoms with E-state index in [0.29, 0.717) is 5.69 Å². The van der Waals surface area contributed by atoms with Crippen LogP contribution in [0.25, 0.3) is 10.9 Å². The van der Waals surface area contributed by atoms with Crippen LogP contribution in [-0.4, -0.2) is 9.97 Å². The Labute approximate surface area is 115 Å². The quantitative estimate of drug-likeness (QED) is 0.717. The van der Waals surface area contributed by atoms with E-state index in [-0.39, 0.29) is 0 Å². The summed E-state index contributed by atoms with van der Waals surface area (Å²) in [6.45, 7) is 2.79. The number of pyridine rings is 1. The summed E-state index contributed by atoms with van der Waals surface area (Å²) in [5.74, 6) is 0. The van der Waals surface area contributed by atoms with Crippen molar-refractivity contribution >= 4 is 33.6 Å². The van der Waals surface area contributed by atoms with E-state index in [1.165, 1.54) is 4.88 Å². The molecule has 0 fully saturated rings. The Hall–Kier alpha value is -2.14. The highest BCUT2D eigenvalue weighted by Crippen LogP contribution is 2.27. The molecule has 5 heteroatoms. The van der Waals surface area contributed by atoms with Gasteiger partial charge in [0.05, 0.1) is 29.0 Å². The Morgan fingerprint density at radius 2 is 2.16 bits per heavy atom. The lowest BCUT2D eigenvalue weighted by Gasteiger charge is -2.10. The number of rotatable bonds is 3. The average Bonchev–Trinajstić information content (AvgIpc) is 2.84. The summed E-state index contributed by atoms with van der Waals surface area (Å²) in [7, 11) is 0. The minimum atomic E-state index is 0.704. The van der Waals surface area contributed by atoms with Crippen molar-refractivity contribution in [2.75, 3.05) is 11.1 Å². The monoisotopic (exact) mass is 270 g/mol. The third-order valence-corrected chi connectivity index (χ3v) is 4.02. The van der Waals surface area contributed by atoms with Crippen molar-refractivity contribution in [2.45, 2.75) is 13.5 Å². The Kier molecular flexibility index (Phi) is 3.05. The molecular weight excluding hydrogens is 256 g/mol. The van der Waals surface area contributed by atoms with E-state index in [1.807, 2.05) is 36.7 Å². The maximum Gasteiger partial charge on any atom is 0.0951 e. The molecule has 0 aliphatic rings. The first-order valence-corrected chi connectivity index (χ1v) is 6.89. The molecule has 0 spiro atoms. The van der Waals surface area contributed by atoms with E-state index in [2.05, 4.69) is 15.3 Å². The highest BCUT2D eigenvalue weighted by atomic mass is 32.1. The number of nitrogens with zero attached hydrogens (tertiary/aromatic N) is 2. The van der Waals surface area contributed by atoms with Gasteiger partial charge in [-0.25, -0.2) is 4.98 Å². The average molecular weight is 270 g/mol. The molecule has 0 atom stereocenters. The van der Waals surface area contributed by atoms with Crippen molar-refractivity contribution in [3.8, 4) is 0 Å². The van der Waals surface area contributed by atoms with E-state index in [9.17, 15) is 0 Å². The van der Waals surface area contributed by atoms with Crippen LogP contribution in [0.4, 0.5) is 11.4 Å². The van der Waals surface area contributed by atoms with Crippen LogP contribution in [0.15, 0.2) is 36.0 Å². The lowest BCUT2D eigenvalue weighted by molar-refractivity contribution is 1.12. The van der Waals surface area contributed by atoms with E-state index in [0.717, 1.165) is 28.8 Å². The van der Waals surface area contributed by atoms with Crippen molar-refractivity contribution in [1.29, 1.82) is 0 Å². The van der Waals surface area contributed by atoms with E-state index >= 15 is 0 Å². The molecule has 0 aliphatic carbocycles. The Bertz CT molecular complexity index is 720. The number of fused-ring (bicyclic) bond motifs is 1. The number of hydrogen-bond donors (Lipinski definition) is 2. The number of nitrogens with one attached hydrogen (secondary N) is 1. The van der Waals surface area contributed by atoms with Gasteiger partial charge in [0.25, 0.3) is 0 Å². The number of nitrogen functional groups attached to an aromatic ring is 1. The third kappa shape index (κ3) is 2.24. The van der Waals surface area contributed by atoms with Crippen LogP contribution >= 0.6 is 11.3 Å². The maximum atomic E-state index is 5.94. The maximum absolute atomic E-state index is 5.94. The van der Waals surface area contributed by atoms with Crippen LogP contribution in [0, 0.1) is 6.92 Å². The lowest BCUT2D eigenvalue weighted by Crippen LogP contribution is -2.01. The summed E-state index contributed by atoms with van der Waals surface area (Å²) in [5, 5.41) is 4.48. The predicted molar refractivity (Wildman–Crippen MR) is 80.3 cm³/mol. The summed E-state index contributed by atoms with van der Waals surface area (Å²) < 4.78 is 0. The number of hydrogen-bond acceptors (Lipinski definition) is 5. The fraction of sp³-hybridized carbons (Fsp3) is 0.143. The van der Waals surface area contributed by atoms with Crippen molar-refractivity contribution in [3.63, 3.8) is 0 Å². The van der Waals surface area contributed by atoms with Gasteiger partial charge in [0.1, 0.15) is 0 Å². The molecule has 3 aromatic rings. The van der Waals surface area contributed by atoms with Gasteiger partial charge in [-0.2, -0.15) is 0 Å². The Balaban J connectivity index is 1.93. The molecule has 2 aromatic heterocycles. The Morgan fingerprint density at radius 1 is 1.26 bits per heavy atom. The van der Waals surface area contributed by atoms with Gasteiger partial charge in [0.15, 0.2) is 0 Å². The second kappa shape index (κ2) is 4.85. The van der Waals surface area contributed by atoms with Crippen molar-refractivity contribution in [3.05, 3.63) is 46.5 Å². The van der Waals surface area contributed by atoms with E-state index in [1.54, 1.807) is 17.5 Å². The first-order chi connectivity index (χ1) is 9.25. The number of thiazole rings is 1. The SMILES string of the molecule is Cc1ncsc1CNc1ccc(N)c2ncccc12. The van der Waals surface area contributed by atoms with Crippen LogP contribution < -0.4 is 11.1 Å². The largest absolute Gasteiger partial charge is 0.397 e. The summed E-state index contributed by atoms with van der Waals surface area (Å²) in [5.41, 5.74) is 11.5. The van der Waals surface area contributed by atoms with Crippen molar-refractivity contribution in [2.24, 2.45) is 0 Å². The van der Waals surface area contributed by atoms with Crippen LogP contribution in [0.2, 0.25) is 0 Å². The molecule has 3 rings (SSSR count). The molecular formula is C14H14N4S. The van der Waals surface area contributed by atoms with Gasteiger partial charge in [-0.05, 0) is 31.2 Å². The number of benzene rings is 1. The van der Waals surface area contributed by atoms with E-state index in [4.69, 9.17) is 5.73 Å². The molecule has 0 unspecified atom stereocenters. The van der Waals surface area contributed by atoms with Crippen molar-refractivity contribution < 1.29 is 0 Å². The van der Waals surface area contributed by atoms with Crippen molar-refractivity contribution in [1.82, 2.24) is 9.97 Å². The number of aryl methyl sites for hydroxylation is 1. The summed E-state index contributed by atoms with van der Waals surface area (Å²) in [6.07, 6.45) is 1.76. The molecule has 2 heterocycles. The second-order valence-corrected chi connectivity index (χ2v) is 5.26.